The number of rotatable bonds is 5. The molecule has 0 aliphatic carbocycles. The minimum atomic E-state index is 1.13. The van der Waals surface area contributed by atoms with Gasteiger partial charge < -0.3 is 4.90 Å². The molecule has 50 heavy (non-hydrogen) atoms. The van der Waals surface area contributed by atoms with Crippen molar-refractivity contribution in [3.8, 4) is 22.3 Å². The van der Waals surface area contributed by atoms with E-state index in [4.69, 9.17) is 0 Å². The molecule has 2 heteroatoms. The van der Waals surface area contributed by atoms with Crippen LogP contribution in [0.3, 0.4) is 0 Å². The molecule has 0 unspecified atom stereocenters. The lowest BCUT2D eigenvalue weighted by molar-refractivity contribution is 1.31. The fourth-order valence-electron chi connectivity index (χ4n) is 7.68. The van der Waals surface area contributed by atoms with Gasteiger partial charge in [0.1, 0.15) is 0 Å². The molecule has 0 amide bonds. The van der Waals surface area contributed by atoms with Crippen molar-refractivity contribution in [2.75, 3.05) is 4.90 Å². The van der Waals surface area contributed by atoms with Gasteiger partial charge in [-0.15, -0.1) is 11.3 Å². The second-order valence-corrected chi connectivity index (χ2v) is 14.0. The molecule has 0 atom stereocenters. The third-order valence-corrected chi connectivity index (χ3v) is 11.2. The lowest BCUT2D eigenvalue weighted by Crippen LogP contribution is -2.10. The van der Waals surface area contributed by atoms with Crippen LogP contribution in [-0.4, -0.2) is 0 Å². The summed E-state index contributed by atoms with van der Waals surface area (Å²) in [6, 6.07) is 68.8. The predicted octanol–water partition coefficient (Wildman–Crippen LogP) is 14.3. The molecule has 0 N–H and O–H groups in total. The average molecular weight is 654 g/mol. The van der Waals surface area contributed by atoms with Crippen molar-refractivity contribution in [3.63, 3.8) is 0 Å². The van der Waals surface area contributed by atoms with Crippen LogP contribution in [0.4, 0.5) is 17.1 Å². The van der Waals surface area contributed by atoms with E-state index >= 15 is 0 Å². The maximum Gasteiger partial charge on any atom is 0.0555 e. The third-order valence-electron chi connectivity index (χ3n) is 10.0. The smallest absolute Gasteiger partial charge is 0.0555 e. The van der Waals surface area contributed by atoms with Crippen LogP contribution < -0.4 is 4.90 Å². The van der Waals surface area contributed by atoms with Crippen molar-refractivity contribution >= 4 is 80.9 Å². The minimum absolute atomic E-state index is 1.13. The number of anilines is 3. The summed E-state index contributed by atoms with van der Waals surface area (Å²) in [4.78, 5) is 2.47. The number of hydrogen-bond donors (Lipinski definition) is 0. The first-order chi connectivity index (χ1) is 24.8. The SMILES string of the molecule is c1ccc(-c2cccc(N(c3ccc4ccc5ccccc5c4c3)c3ccc(-c4cccc5ccccc45)c4sc5ccccc5c34)c2)cc1. The van der Waals surface area contributed by atoms with E-state index in [0.29, 0.717) is 0 Å². The number of nitrogens with zero attached hydrogens (tertiary/aromatic N) is 1. The summed E-state index contributed by atoms with van der Waals surface area (Å²) < 4.78 is 2.59. The van der Waals surface area contributed by atoms with Crippen molar-refractivity contribution in [2.45, 2.75) is 0 Å². The van der Waals surface area contributed by atoms with Gasteiger partial charge in [-0.3, -0.25) is 0 Å². The van der Waals surface area contributed by atoms with E-state index < -0.39 is 0 Å². The van der Waals surface area contributed by atoms with Crippen LogP contribution in [0, 0.1) is 0 Å². The van der Waals surface area contributed by atoms with Gasteiger partial charge in [-0.2, -0.15) is 0 Å². The zero-order valence-corrected chi connectivity index (χ0v) is 28.1. The molecule has 0 bridgehead atoms. The molecule has 0 saturated heterocycles. The van der Waals surface area contributed by atoms with Gasteiger partial charge in [-0.05, 0) is 85.4 Å². The largest absolute Gasteiger partial charge is 0.310 e. The molecule has 0 aliphatic rings. The minimum Gasteiger partial charge on any atom is -0.310 e. The first-order valence-corrected chi connectivity index (χ1v) is 17.9. The van der Waals surface area contributed by atoms with E-state index in [1.807, 2.05) is 11.3 Å². The molecule has 0 spiro atoms. The fraction of sp³-hybridized carbons (Fsp3) is 0. The third kappa shape index (κ3) is 4.69. The molecule has 1 heterocycles. The summed E-state index contributed by atoms with van der Waals surface area (Å²) in [6.45, 7) is 0. The summed E-state index contributed by atoms with van der Waals surface area (Å²) >= 11 is 1.89. The van der Waals surface area contributed by atoms with Gasteiger partial charge in [-0.1, -0.05) is 152 Å². The molecule has 0 radical (unpaired) electrons. The Bertz CT molecular complexity index is 2880. The molecular weight excluding hydrogens is 623 g/mol. The first kappa shape index (κ1) is 28.8. The Morgan fingerprint density at radius 2 is 0.980 bits per heavy atom. The Hall–Kier alpha value is -6.22. The summed E-state index contributed by atoms with van der Waals surface area (Å²) in [5.41, 5.74) is 8.36. The van der Waals surface area contributed by atoms with Crippen LogP contribution in [0.2, 0.25) is 0 Å². The highest BCUT2D eigenvalue weighted by molar-refractivity contribution is 7.26. The van der Waals surface area contributed by atoms with Crippen LogP contribution in [0.1, 0.15) is 0 Å². The van der Waals surface area contributed by atoms with Gasteiger partial charge in [0.05, 0.1) is 5.69 Å². The molecule has 10 rings (SSSR count). The summed E-state index contributed by atoms with van der Waals surface area (Å²) in [6.07, 6.45) is 0. The maximum absolute atomic E-state index is 2.47. The Kier molecular flexibility index (Phi) is 6.75. The molecular formula is C48H31NS. The average Bonchev–Trinajstić information content (AvgIpc) is 3.58. The fourth-order valence-corrected chi connectivity index (χ4v) is 8.93. The molecule has 234 valence electrons. The van der Waals surface area contributed by atoms with E-state index in [2.05, 4.69) is 193 Å². The lowest BCUT2D eigenvalue weighted by atomic mass is 9.95. The van der Waals surface area contributed by atoms with E-state index in [9.17, 15) is 0 Å². The number of thiophene rings is 1. The Labute approximate surface area is 294 Å². The van der Waals surface area contributed by atoms with Crippen LogP contribution in [0.15, 0.2) is 188 Å². The van der Waals surface area contributed by atoms with Crippen molar-refractivity contribution in [1.82, 2.24) is 0 Å². The van der Waals surface area contributed by atoms with Crippen molar-refractivity contribution < 1.29 is 0 Å². The van der Waals surface area contributed by atoms with Gasteiger partial charge in [-0.25, -0.2) is 0 Å². The van der Waals surface area contributed by atoms with Crippen molar-refractivity contribution in [1.29, 1.82) is 0 Å². The summed E-state index contributed by atoms with van der Waals surface area (Å²) in [5, 5.41) is 10.1. The van der Waals surface area contributed by atoms with Crippen LogP contribution in [0.5, 0.6) is 0 Å². The predicted molar refractivity (Wildman–Crippen MR) is 217 cm³/mol. The Morgan fingerprint density at radius 3 is 1.84 bits per heavy atom. The van der Waals surface area contributed by atoms with Crippen molar-refractivity contribution in [3.05, 3.63) is 188 Å². The topological polar surface area (TPSA) is 3.24 Å². The monoisotopic (exact) mass is 653 g/mol. The first-order valence-electron chi connectivity index (χ1n) is 17.1. The van der Waals surface area contributed by atoms with Gasteiger partial charge in [0.2, 0.25) is 0 Å². The highest BCUT2D eigenvalue weighted by Crippen LogP contribution is 2.49. The van der Waals surface area contributed by atoms with E-state index in [-0.39, 0.29) is 0 Å². The van der Waals surface area contributed by atoms with E-state index in [1.165, 1.54) is 80.4 Å². The summed E-state index contributed by atoms with van der Waals surface area (Å²) in [5.74, 6) is 0. The Balaban J connectivity index is 1.29. The molecule has 10 aromatic rings. The molecule has 0 aliphatic heterocycles. The van der Waals surface area contributed by atoms with Crippen molar-refractivity contribution in [2.24, 2.45) is 0 Å². The van der Waals surface area contributed by atoms with Gasteiger partial charge >= 0.3 is 0 Å². The van der Waals surface area contributed by atoms with E-state index in [0.717, 1.165) is 11.4 Å². The van der Waals surface area contributed by atoms with Crippen LogP contribution in [0.25, 0.3) is 74.7 Å². The normalized spacial score (nSPS) is 11.6. The lowest BCUT2D eigenvalue weighted by Gasteiger charge is -2.28. The number of fused-ring (bicyclic) bond motifs is 7. The molecule has 1 aromatic heterocycles. The van der Waals surface area contributed by atoms with Gasteiger partial charge in [0.25, 0.3) is 0 Å². The molecule has 1 nitrogen and oxygen atoms in total. The second kappa shape index (κ2) is 11.7. The maximum atomic E-state index is 2.47. The Morgan fingerprint density at radius 1 is 0.360 bits per heavy atom. The molecule has 9 aromatic carbocycles. The zero-order chi connectivity index (χ0) is 33.0. The highest BCUT2D eigenvalue weighted by atomic mass is 32.1. The van der Waals surface area contributed by atoms with Gasteiger partial charge in [0, 0.05) is 37.1 Å². The molecule has 0 saturated carbocycles. The highest BCUT2D eigenvalue weighted by Gasteiger charge is 2.22. The second-order valence-electron chi connectivity index (χ2n) is 12.9. The number of hydrogen-bond acceptors (Lipinski definition) is 2. The molecule has 0 fully saturated rings. The number of benzene rings is 9. The van der Waals surface area contributed by atoms with Crippen LogP contribution >= 0.6 is 11.3 Å². The quantitative estimate of drug-likeness (QED) is 0.167. The van der Waals surface area contributed by atoms with Gasteiger partial charge in [0.15, 0.2) is 0 Å². The van der Waals surface area contributed by atoms with Crippen LogP contribution in [-0.2, 0) is 0 Å². The van der Waals surface area contributed by atoms with E-state index in [1.54, 1.807) is 0 Å². The zero-order valence-electron chi connectivity index (χ0n) is 27.3. The summed E-state index contributed by atoms with van der Waals surface area (Å²) in [7, 11) is 0. The standard InChI is InChI=1S/C48H31NS/c1-2-12-32(13-3-1)36-17-10-18-37(30-36)49(38-27-26-35-25-24-34-15-5-7-20-40(34)44(35)31-38)45-29-28-42(41-22-11-16-33-14-4-6-19-39(33)41)48-47(45)43-21-8-9-23-46(43)50-48/h1-31H.